The number of benzene rings is 2. The Bertz CT molecular complexity index is 1060. The Morgan fingerprint density at radius 1 is 1.13 bits per heavy atom. The summed E-state index contributed by atoms with van der Waals surface area (Å²) >= 11 is 0. The van der Waals surface area contributed by atoms with Crippen LogP contribution in [0.1, 0.15) is 38.8 Å². The van der Waals surface area contributed by atoms with Crippen LogP contribution in [0.3, 0.4) is 0 Å². The fourth-order valence-electron chi connectivity index (χ4n) is 2.82. The molecule has 0 fully saturated rings. The lowest BCUT2D eigenvalue weighted by molar-refractivity contribution is -0.137. The second kappa shape index (κ2) is 9.20. The van der Waals surface area contributed by atoms with Crippen LogP contribution in [-0.4, -0.2) is 34.5 Å². The van der Waals surface area contributed by atoms with Gasteiger partial charge >= 0.3 is 6.18 Å². The van der Waals surface area contributed by atoms with Crippen LogP contribution in [0.15, 0.2) is 47.0 Å². The molecule has 31 heavy (non-hydrogen) atoms. The number of carbonyl (C=O) groups excluding carboxylic acids is 1. The molecule has 0 bridgehead atoms. The highest BCUT2D eigenvalue weighted by molar-refractivity contribution is 5.94. The quantitative estimate of drug-likeness (QED) is 0.545. The van der Waals surface area contributed by atoms with Crippen molar-refractivity contribution < 1.29 is 27.2 Å². The molecule has 0 aliphatic rings. The zero-order valence-corrected chi connectivity index (χ0v) is 17.4. The fourth-order valence-corrected chi connectivity index (χ4v) is 2.82. The number of carbonyl (C=O) groups is 1. The van der Waals surface area contributed by atoms with E-state index < -0.39 is 11.7 Å². The summed E-state index contributed by atoms with van der Waals surface area (Å²) in [5, 5.41) is 3.83. The van der Waals surface area contributed by atoms with E-state index in [1.807, 2.05) is 26.0 Å². The molecule has 164 valence electrons. The highest BCUT2D eigenvalue weighted by atomic mass is 19.4. The van der Waals surface area contributed by atoms with Gasteiger partial charge in [-0.25, -0.2) is 0 Å². The minimum absolute atomic E-state index is 0.0493. The van der Waals surface area contributed by atoms with Gasteiger partial charge in [-0.05, 0) is 55.3 Å². The van der Waals surface area contributed by atoms with Crippen molar-refractivity contribution in [1.82, 2.24) is 15.0 Å². The van der Waals surface area contributed by atoms with Crippen LogP contribution in [0.4, 0.5) is 13.2 Å². The molecule has 2 aromatic carbocycles. The standard InChI is InChI=1S/C22H22F3N3O3/c1-14-7-8-16(11-15(14)2)21(29)28(3)10-9-19-26-20(31-27-19)13-30-18-6-4-5-17(12-18)22(23,24)25/h4-8,11-12H,9-10,13H2,1-3H3. The Hall–Kier alpha value is -3.36. The zero-order chi connectivity index (χ0) is 22.6. The van der Waals surface area contributed by atoms with E-state index in [0.717, 1.165) is 23.3 Å². The van der Waals surface area contributed by atoms with Crippen molar-refractivity contribution >= 4 is 5.91 Å². The van der Waals surface area contributed by atoms with E-state index in [0.29, 0.717) is 24.4 Å². The predicted octanol–water partition coefficient (Wildman–Crippen LogP) is 4.60. The molecule has 0 spiro atoms. The maximum atomic E-state index is 12.8. The van der Waals surface area contributed by atoms with Gasteiger partial charge in [-0.3, -0.25) is 4.79 Å². The van der Waals surface area contributed by atoms with Crippen LogP contribution < -0.4 is 4.74 Å². The maximum Gasteiger partial charge on any atom is 0.416 e. The number of ether oxygens (including phenoxy) is 1. The van der Waals surface area contributed by atoms with Gasteiger partial charge in [-0.2, -0.15) is 18.2 Å². The molecule has 0 unspecified atom stereocenters. The minimum atomic E-state index is -4.45. The number of aromatic nitrogens is 2. The lowest BCUT2D eigenvalue weighted by Gasteiger charge is -2.16. The second-order valence-electron chi connectivity index (χ2n) is 7.19. The summed E-state index contributed by atoms with van der Waals surface area (Å²) in [5.74, 6) is 0.450. The molecule has 0 N–H and O–H groups in total. The van der Waals surface area contributed by atoms with E-state index in [-0.39, 0.29) is 24.2 Å². The third-order valence-corrected chi connectivity index (χ3v) is 4.81. The van der Waals surface area contributed by atoms with Crippen molar-refractivity contribution in [2.45, 2.75) is 33.1 Å². The molecule has 6 nitrogen and oxygen atoms in total. The first-order chi connectivity index (χ1) is 14.6. The number of aryl methyl sites for hydroxylation is 2. The van der Waals surface area contributed by atoms with E-state index in [1.54, 1.807) is 18.0 Å². The highest BCUT2D eigenvalue weighted by Gasteiger charge is 2.30. The summed E-state index contributed by atoms with van der Waals surface area (Å²) in [6.45, 7) is 4.15. The molecule has 0 atom stereocenters. The van der Waals surface area contributed by atoms with Crippen molar-refractivity contribution in [2.24, 2.45) is 0 Å². The normalized spacial score (nSPS) is 11.4. The zero-order valence-electron chi connectivity index (χ0n) is 17.4. The monoisotopic (exact) mass is 433 g/mol. The number of hydrogen-bond donors (Lipinski definition) is 0. The molecule has 0 saturated carbocycles. The topological polar surface area (TPSA) is 68.5 Å². The van der Waals surface area contributed by atoms with Crippen molar-refractivity contribution in [3.8, 4) is 5.75 Å². The van der Waals surface area contributed by atoms with E-state index in [2.05, 4.69) is 10.1 Å². The Labute approximate surface area is 177 Å². The number of hydrogen-bond acceptors (Lipinski definition) is 5. The third kappa shape index (κ3) is 5.84. The maximum absolute atomic E-state index is 12.8. The van der Waals surface area contributed by atoms with Gasteiger partial charge in [-0.1, -0.05) is 17.3 Å². The van der Waals surface area contributed by atoms with Crippen LogP contribution in [0.25, 0.3) is 0 Å². The average molecular weight is 433 g/mol. The van der Waals surface area contributed by atoms with Gasteiger partial charge in [0.25, 0.3) is 11.8 Å². The lowest BCUT2D eigenvalue weighted by atomic mass is 10.1. The van der Waals surface area contributed by atoms with Gasteiger partial charge < -0.3 is 14.2 Å². The van der Waals surface area contributed by atoms with Gasteiger partial charge in [0.2, 0.25) is 0 Å². The fraction of sp³-hybridized carbons (Fsp3) is 0.318. The van der Waals surface area contributed by atoms with Crippen molar-refractivity contribution in [1.29, 1.82) is 0 Å². The summed E-state index contributed by atoms with van der Waals surface area (Å²) in [5.41, 5.74) is 1.97. The van der Waals surface area contributed by atoms with Gasteiger partial charge in [-0.15, -0.1) is 0 Å². The van der Waals surface area contributed by atoms with E-state index in [9.17, 15) is 18.0 Å². The number of halogens is 3. The first kappa shape index (κ1) is 22.3. The number of nitrogens with zero attached hydrogens (tertiary/aromatic N) is 3. The molecule has 3 rings (SSSR count). The molecular weight excluding hydrogens is 411 g/mol. The molecule has 0 saturated heterocycles. The molecule has 0 aliphatic carbocycles. The molecule has 1 heterocycles. The SMILES string of the molecule is Cc1ccc(C(=O)N(C)CCc2noc(COc3cccc(C(F)(F)F)c3)n2)cc1C. The largest absolute Gasteiger partial charge is 0.484 e. The van der Waals surface area contributed by atoms with Gasteiger partial charge in [0.05, 0.1) is 5.56 Å². The second-order valence-corrected chi connectivity index (χ2v) is 7.19. The van der Waals surface area contributed by atoms with Crippen LogP contribution in [0, 0.1) is 13.8 Å². The summed E-state index contributed by atoms with van der Waals surface area (Å²) in [6, 6.07) is 10.1. The molecule has 3 aromatic rings. The molecule has 1 amide bonds. The Morgan fingerprint density at radius 3 is 2.61 bits per heavy atom. The molecule has 0 aliphatic heterocycles. The van der Waals surface area contributed by atoms with Crippen molar-refractivity contribution in [2.75, 3.05) is 13.6 Å². The number of rotatable bonds is 7. The van der Waals surface area contributed by atoms with Crippen molar-refractivity contribution in [3.05, 3.63) is 76.4 Å². The van der Waals surface area contributed by atoms with Crippen molar-refractivity contribution in [3.63, 3.8) is 0 Å². The van der Waals surface area contributed by atoms with Gasteiger partial charge in [0.15, 0.2) is 12.4 Å². The van der Waals surface area contributed by atoms with Gasteiger partial charge in [0.1, 0.15) is 5.75 Å². The van der Waals surface area contributed by atoms with Gasteiger partial charge in [0, 0.05) is 25.6 Å². The molecule has 9 heteroatoms. The third-order valence-electron chi connectivity index (χ3n) is 4.81. The van der Waals surface area contributed by atoms with E-state index in [1.165, 1.54) is 12.1 Å². The molecular formula is C22H22F3N3O3. The number of amides is 1. The average Bonchev–Trinajstić information content (AvgIpc) is 3.19. The van der Waals surface area contributed by atoms with E-state index in [4.69, 9.17) is 9.26 Å². The minimum Gasteiger partial charge on any atom is -0.484 e. The summed E-state index contributed by atoms with van der Waals surface area (Å²) in [4.78, 5) is 18.3. The van der Waals surface area contributed by atoms with Crippen LogP contribution in [0.2, 0.25) is 0 Å². The number of likely N-dealkylation sites (N-methyl/N-ethyl adjacent to an activating group) is 1. The smallest absolute Gasteiger partial charge is 0.416 e. The first-order valence-corrected chi connectivity index (χ1v) is 9.57. The summed E-state index contributed by atoms with van der Waals surface area (Å²) in [7, 11) is 1.69. The van der Waals surface area contributed by atoms with Crippen LogP contribution >= 0.6 is 0 Å². The van der Waals surface area contributed by atoms with E-state index >= 15 is 0 Å². The Kier molecular flexibility index (Phi) is 6.62. The predicted molar refractivity (Wildman–Crippen MR) is 107 cm³/mol. The first-order valence-electron chi connectivity index (χ1n) is 9.57. The summed E-state index contributed by atoms with van der Waals surface area (Å²) < 4.78 is 48.7. The number of alkyl halides is 3. The Morgan fingerprint density at radius 2 is 1.90 bits per heavy atom. The van der Waals surface area contributed by atoms with Crippen LogP contribution in [0.5, 0.6) is 5.75 Å². The molecule has 0 radical (unpaired) electrons. The highest BCUT2D eigenvalue weighted by Crippen LogP contribution is 2.31. The van der Waals surface area contributed by atoms with Crippen LogP contribution in [-0.2, 0) is 19.2 Å². The Balaban J connectivity index is 1.53. The molecule has 1 aromatic heterocycles. The lowest BCUT2D eigenvalue weighted by Crippen LogP contribution is -2.29. The summed E-state index contributed by atoms with van der Waals surface area (Å²) in [6.07, 6.45) is -4.09.